The predicted octanol–water partition coefficient (Wildman–Crippen LogP) is 7.96. The number of phenolic OH excluding ortho intramolecular Hbond substituents is 2. The van der Waals surface area contributed by atoms with Gasteiger partial charge in [0, 0.05) is 11.8 Å². The van der Waals surface area contributed by atoms with Crippen LogP contribution in [0.25, 0.3) is 0 Å². The second kappa shape index (κ2) is 24.1. The quantitative estimate of drug-likeness (QED) is 0.0512. The SMILES string of the molecule is CCCCCCCc1ccc(O)c(C(=O)NNC(=O)C(CC)CCC(CCCC)C(=O)NNC(=O)c2cc(CCCCCCC)ccc2O)c1. The van der Waals surface area contributed by atoms with E-state index in [0.717, 1.165) is 62.5 Å². The van der Waals surface area contributed by atoms with Crippen LogP contribution in [0.3, 0.4) is 0 Å². The first-order valence-electron chi connectivity index (χ1n) is 19.0. The highest BCUT2D eigenvalue weighted by Gasteiger charge is 2.24. The minimum Gasteiger partial charge on any atom is -0.507 e. The predicted molar refractivity (Wildman–Crippen MR) is 198 cm³/mol. The first-order chi connectivity index (χ1) is 24.1. The maximum Gasteiger partial charge on any atom is 0.273 e. The van der Waals surface area contributed by atoms with Crippen molar-refractivity contribution in [2.75, 3.05) is 0 Å². The van der Waals surface area contributed by atoms with E-state index in [-0.39, 0.29) is 34.4 Å². The summed E-state index contributed by atoms with van der Waals surface area (Å²) in [6.07, 6.45) is 16.5. The van der Waals surface area contributed by atoms with Gasteiger partial charge in [0.15, 0.2) is 0 Å². The first-order valence-corrected chi connectivity index (χ1v) is 19.0. The van der Waals surface area contributed by atoms with Crippen LogP contribution in [0.1, 0.15) is 162 Å². The smallest absolute Gasteiger partial charge is 0.273 e. The molecule has 2 unspecified atom stereocenters. The zero-order valence-corrected chi connectivity index (χ0v) is 30.9. The number of unbranched alkanes of at least 4 members (excludes halogenated alkanes) is 9. The third kappa shape index (κ3) is 15.2. The van der Waals surface area contributed by atoms with Crippen molar-refractivity contribution in [2.45, 2.75) is 143 Å². The summed E-state index contributed by atoms with van der Waals surface area (Å²) in [4.78, 5) is 52.1. The van der Waals surface area contributed by atoms with Crippen molar-refractivity contribution in [1.82, 2.24) is 21.7 Å². The monoisotopic (exact) mass is 694 g/mol. The summed E-state index contributed by atoms with van der Waals surface area (Å²) < 4.78 is 0. The zero-order valence-electron chi connectivity index (χ0n) is 30.9. The lowest BCUT2D eigenvalue weighted by atomic mass is 9.90. The minimum absolute atomic E-state index is 0.102. The topological polar surface area (TPSA) is 157 Å². The third-order valence-electron chi connectivity index (χ3n) is 9.35. The van der Waals surface area contributed by atoms with E-state index in [1.807, 2.05) is 26.0 Å². The Morgan fingerprint density at radius 3 is 1.38 bits per heavy atom. The number of amides is 4. The van der Waals surface area contributed by atoms with Crippen LogP contribution >= 0.6 is 0 Å². The van der Waals surface area contributed by atoms with Gasteiger partial charge in [-0.15, -0.1) is 0 Å². The summed E-state index contributed by atoms with van der Waals surface area (Å²) in [5.41, 5.74) is 12.0. The van der Waals surface area contributed by atoms with Crippen molar-refractivity contribution in [1.29, 1.82) is 0 Å². The number of aryl methyl sites for hydroxylation is 2. The number of nitrogens with one attached hydrogen (secondary N) is 4. The molecule has 0 radical (unpaired) electrons. The van der Waals surface area contributed by atoms with Gasteiger partial charge in [-0.3, -0.25) is 40.9 Å². The van der Waals surface area contributed by atoms with Gasteiger partial charge in [-0.1, -0.05) is 104 Å². The van der Waals surface area contributed by atoms with E-state index in [4.69, 9.17) is 0 Å². The van der Waals surface area contributed by atoms with Gasteiger partial charge in [0.05, 0.1) is 11.1 Å². The Bertz CT molecular complexity index is 1350. The van der Waals surface area contributed by atoms with Crippen LogP contribution in [0.15, 0.2) is 36.4 Å². The van der Waals surface area contributed by atoms with Crippen LogP contribution in [-0.2, 0) is 22.4 Å². The second-order valence-electron chi connectivity index (χ2n) is 13.4. The van der Waals surface area contributed by atoms with Crippen LogP contribution in [0.5, 0.6) is 11.5 Å². The molecule has 50 heavy (non-hydrogen) atoms. The molecule has 0 aliphatic rings. The maximum absolute atomic E-state index is 13.2. The number of phenols is 2. The molecule has 0 heterocycles. The van der Waals surface area contributed by atoms with Crippen LogP contribution in [0.4, 0.5) is 0 Å². The summed E-state index contributed by atoms with van der Waals surface area (Å²) in [7, 11) is 0. The molecule has 2 atom stereocenters. The van der Waals surface area contributed by atoms with Gasteiger partial charge in [-0.05, 0) is 86.8 Å². The maximum atomic E-state index is 13.2. The molecular formula is C40H62N4O6. The molecule has 4 amide bonds. The Hall–Kier alpha value is -4.08. The molecule has 0 aromatic heterocycles. The molecule has 10 heteroatoms. The van der Waals surface area contributed by atoms with Crippen molar-refractivity contribution < 1.29 is 29.4 Å². The van der Waals surface area contributed by atoms with Gasteiger partial charge in [0.25, 0.3) is 11.8 Å². The molecule has 6 N–H and O–H groups in total. The number of aromatic hydroxyl groups is 2. The van der Waals surface area contributed by atoms with E-state index in [1.54, 1.807) is 12.1 Å². The minimum atomic E-state index is -0.599. The fourth-order valence-electron chi connectivity index (χ4n) is 6.06. The number of carbonyl (C=O) groups is 4. The Balaban J connectivity index is 1.92. The highest BCUT2D eigenvalue weighted by Crippen LogP contribution is 2.23. The Morgan fingerprint density at radius 2 is 0.940 bits per heavy atom. The summed E-state index contributed by atoms with van der Waals surface area (Å²) in [5, 5.41) is 20.6. The Labute approximate surface area is 299 Å². The molecule has 2 rings (SSSR count). The van der Waals surface area contributed by atoms with E-state index in [9.17, 15) is 29.4 Å². The van der Waals surface area contributed by atoms with Crippen LogP contribution < -0.4 is 21.7 Å². The molecule has 0 bridgehead atoms. The average molecular weight is 695 g/mol. The van der Waals surface area contributed by atoms with E-state index in [0.29, 0.717) is 25.7 Å². The Kier molecular flexibility index (Phi) is 20.3. The standard InChI is InChI=1S/C40H62N4O6/c1-5-9-12-14-16-18-29-21-25-35(45)33(27-29)39(49)43-41-37(47)31(8-4)23-24-32(20-11-7-3)38(48)42-44-40(50)34-28-30(22-26-36(34)46)19-17-15-13-10-6-2/h21-22,25-28,31-32,45-46H,5-20,23-24H2,1-4H3,(H,41,47)(H,42,48)(H,43,49)(H,44,50). The molecule has 0 saturated heterocycles. The van der Waals surface area contributed by atoms with E-state index in [1.165, 1.54) is 50.7 Å². The van der Waals surface area contributed by atoms with Crippen LogP contribution in [0, 0.1) is 11.8 Å². The molecule has 0 aliphatic carbocycles. The van der Waals surface area contributed by atoms with E-state index >= 15 is 0 Å². The molecular weight excluding hydrogens is 632 g/mol. The fraction of sp³-hybridized carbons (Fsp3) is 0.600. The second-order valence-corrected chi connectivity index (χ2v) is 13.4. The molecule has 0 spiro atoms. The molecule has 2 aromatic carbocycles. The highest BCUT2D eigenvalue weighted by atomic mass is 16.3. The molecule has 0 aliphatic heterocycles. The lowest BCUT2D eigenvalue weighted by molar-refractivity contribution is -0.128. The van der Waals surface area contributed by atoms with Crippen molar-refractivity contribution in [3.63, 3.8) is 0 Å². The molecule has 0 saturated carbocycles. The van der Waals surface area contributed by atoms with Gasteiger partial charge >= 0.3 is 0 Å². The van der Waals surface area contributed by atoms with Crippen molar-refractivity contribution >= 4 is 23.6 Å². The molecule has 2 aromatic rings. The molecule has 278 valence electrons. The number of rotatable bonds is 23. The number of benzene rings is 2. The normalized spacial score (nSPS) is 12.2. The summed E-state index contributed by atoms with van der Waals surface area (Å²) in [6, 6.07) is 9.98. The number of hydrogen-bond acceptors (Lipinski definition) is 6. The van der Waals surface area contributed by atoms with E-state index < -0.39 is 23.7 Å². The van der Waals surface area contributed by atoms with Crippen LogP contribution in [0.2, 0.25) is 0 Å². The molecule has 10 nitrogen and oxygen atoms in total. The van der Waals surface area contributed by atoms with Crippen LogP contribution in [-0.4, -0.2) is 33.8 Å². The summed E-state index contributed by atoms with van der Waals surface area (Å²) >= 11 is 0. The first kappa shape index (κ1) is 42.1. The zero-order chi connectivity index (χ0) is 36.7. The summed E-state index contributed by atoms with van der Waals surface area (Å²) in [6.45, 7) is 8.24. The largest absolute Gasteiger partial charge is 0.507 e. The lowest BCUT2D eigenvalue weighted by Crippen LogP contribution is -2.45. The van der Waals surface area contributed by atoms with Gasteiger partial charge < -0.3 is 10.2 Å². The van der Waals surface area contributed by atoms with E-state index in [2.05, 4.69) is 35.6 Å². The lowest BCUT2D eigenvalue weighted by Gasteiger charge is -2.20. The fourth-order valence-corrected chi connectivity index (χ4v) is 6.06. The van der Waals surface area contributed by atoms with Gasteiger partial charge in [-0.2, -0.15) is 0 Å². The number of carbonyl (C=O) groups excluding carboxylic acids is 4. The number of hydrazine groups is 2. The highest BCUT2D eigenvalue weighted by molar-refractivity contribution is 5.98. The van der Waals surface area contributed by atoms with Gasteiger partial charge in [0.1, 0.15) is 11.5 Å². The summed E-state index contributed by atoms with van der Waals surface area (Å²) in [5.74, 6) is -3.16. The number of hydrogen-bond donors (Lipinski definition) is 6. The Morgan fingerprint density at radius 1 is 0.520 bits per heavy atom. The van der Waals surface area contributed by atoms with Crippen molar-refractivity contribution in [3.05, 3.63) is 58.7 Å². The van der Waals surface area contributed by atoms with Crippen molar-refractivity contribution in [2.24, 2.45) is 11.8 Å². The van der Waals surface area contributed by atoms with Gasteiger partial charge in [0.2, 0.25) is 11.8 Å². The third-order valence-corrected chi connectivity index (χ3v) is 9.35. The van der Waals surface area contributed by atoms with Crippen molar-refractivity contribution in [3.8, 4) is 11.5 Å². The average Bonchev–Trinajstić information content (AvgIpc) is 3.11. The molecule has 0 fully saturated rings. The van der Waals surface area contributed by atoms with Gasteiger partial charge in [-0.25, -0.2) is 0 Å².